The lowest BCUT2D eigenvalue weighted by atomic mass is 9.99. The number of ether oxygens (including phenoxy) is 1. The molecule has 220 valence electrons. The number of likely N-dealkylation sites (N-methyl/N-ethyl adjacent to an activating group) is 1. The molecule has 1 amide bonds. The van der Waals surface area contributed by atoms with Gasteiger partial charge in [0.1, 0.15) is 6.10 Å². The minimum atomic E-state index is -4.05. The van der Waals surface area contributed by atoms with Crippen LogP contribution in [0.15, 0.2) is 82.6 Å². The number of aliphatic hydroxyl groups excluding tert-OH is 1. The van der Waals surface area contributed by atoms with E-state index in [1.807, 2.05) is 13.8 Å². The first-order valence-electron chi connectivity index (χ1n) is 13.2. The molecule has 3 aromatic carbocycles. The molecular weight excluding hydrogens is 566 g/mol. The van der Waals surface area contributed by atoms with Crippen LogP contribution in [0, 0.1) is 12.8 Å². The largest absolute Gasteiger partial charge is 0.486 e. The molecular formula is C29H35N3O7S2. The van der Waals surface area contributed by atoms with Crippen LogP contribution in [0.25, 0.3) is 0 Å². The van der Waals surface area contributed by atoms with Crippen molar-refractivity contribution in [3.05, 3.63) is 83.9 Å². The smallest absolute Gasteiger partial charge is 0.262 e. The third-order valence-electron chi connectivity index (χ3n) is 7.16. The summed E-state index contributed by atoms with van der Waals surface area (Å²) in [5.74, 6) is -0.838. The van der Waals surface area contributed by atoms with Crippen molar-refractivity contribution >= 4 is 31.6 Å². The molecule has 0 aromatic heterocycles. The topological polar surface area (TPSA) is 133 Å². The highest BCUT2D eigenvalue weighted by molar-refractivity contribution is 7.92. The van der Waals surface area contributed by atoms with Gasteiger partial charge in [-0.05, 0) is 50.2 Å². The number of nitrogens with one attached hydrogen (secondary N) is 1. The number of rotatable bonds is 9. The molecule has 0 fully saturated rings. The summed E-state index contributed by atoms with van der Waals surface area (Å²) in [5, 5.41) is 9.89. The van der Waals surface area contributed by atoms with Gasteiger partial charge in [0.2, 0.25) is 10.0 Å². The van der Waals surface area contributed by atoms with Crippen molar-refractivity contribution in [3.63, 3.8) is 0 Å². The van der Waals surface area contributed by atoms with E-state index in [2.05, 4.69) is 4.72 Å². The summed E-state index contributed by atoms with van der Waals surface area (Å²) in [7, 11) is -6.47. The summed E-state index contributed by atoms with van der Waals surface area (Å²) < 4.78 is 63.3. The van der Waals surface area contributed by atoms with E-state index in [4.69, 9.17) is 4.74 Å². The molecule has 3 aromatic rings. The van der Waals surface area contributed by atoms with E-state index in [0.29, 0.717) is 0 Å². The zero-order valence-electron chi connectivity index (χ0n) is 23.4. The molecule has 0 aliphatic carbocycles. The number of nitrogens with zero attached hydrogens (tertiary/aromatic N) is 2. The van der Waals surface area contributed by atoms with Gasteiger partial charge in [-0.3, -0.25) is 9.52 Å². The number of aliphatic hydroxyl groups is 1. The zero-order chi connectivity index (χ0) is 29.9. The molecule has 3 atom stereocenters. The van der Waals surface area contributed by atoms with Crippen LogP contribution < -0.4 is 9.46 Å². The molecule has 2 N–H and O–H groups in total. The fourth-order valence-electron chi connectivity index (χ4n) is 4.59. The minimum Gasteiger partial charge on any atom is -0.486 e. The standard InChI is InChI=1S/C29H35N3O7S2/c1-20-13-15-23(16-14-20)40(35,36)30-26-12-8-11-25-28(26)39-27(21(2)17-32(29(25)34)22(3)19-33)18-31(4)41(37,38)24-9-6-5-7-10-24/h5-16,21-22,27,30,33H,17-19H2,1-4H3/t21-,22+,27+/m0/s1. The Bertz CT molecular complexity index is 1600. The highest BCUT2D eigenvalue weighted by Gasteiger charge is 2.36. The Morgan fingerprint density at radius 3 is 2.29 bits per heavy atom. The van der Waals surface area contributed by atoms with Crippen molar-refractivity contribution in [3.8, 4) is 5.75 Å². The maximum Gasteiger partial charge on any atom is 0.262 e. The zero-order valence-corrected chi connectivity index (χ0v) is 25.0. The Morgan fingerprint density at radius 2 is 1.66 bits per heavy atom. The first-order valence-corrected chi connectivity index (χ1v) is 16.1. The maximum atomic E-state index is 13.7. The van der Waals surface area contributed by atoms with E-state index in [-0.39, 0.29) is 46.5 Å². The number of hydrogen-bond donors (Lipinski definition) is 2. The van der Waals surface area contributed by atoms with Crippen molar-refractivity contribution in [1.29, 1.82) is 0 Å². The van der Waals surface area contributed by atoms with E-state index in [1.54, 1.807) is 43.3 Å². The van der Waals surface area contributed by atoms with Gasteiger partial charge in [-0.25, -0.2) is 16.8 Å². The molecule has 0 radical (unpaired) electrons. The van der Waals surface area contributed by atoms with Crippen molar-refractivity contribution in [1.82, 2.24) is 9.21 Å². The number of carbonyl (C=O) groups is 1. The molecule has 12 heteroatoms. The Labute approximate surface area is 241 Å². The van der Waals surface area contributed by atoms with E-state index in [0.717, 1.165) is 5.56 Å². The number of fused-ring (bicyclic) bond motifs is 1. The van der Waals surface area contributed by atoms with Gasteiger partial charge < -0.3 is 14.7 Å². The van der Waals surface area contributed by atoms with Gasteiger partial charge in [0.15, 0.2) is 5.75 Å². The predicted octanol–water partition coefficient (Wildman–Crippen LogP) is 3.34. The number of benzene rings is 3. The van der Waals surface area contributed by atoms with E-state index >= 15 is 0 Å². The second-order valence-electron chi connectivity index (χ2n) is 10.3. The molecule has 4 rings (SSSR count). The van der Waals surface area contributed by atoms with Crippen LogP contribution in [0.3, 0.4) is 0 Å². The van der Waals surface area contributed by atoms with Gasteiger partial charge in [0, 0.05) is 19.5 Å². The minimum absolute atomic E-state index is 0.00890. The van der Waals surface area contributed by atoms with Crippen molar-refractivity contribution in [2.45, 2.75) is 42.7 Å². The SMILES string of the molecule is Cc1ccc(S(=O)(=O)Nc2cccc3c2O[C@H](CN(C)S(=O)(=O)c2ccccc2)[C@@H](C)CN([C@H](C)CO)C3=O)cc1. The van der Waals surface area contributed by atoms with Crippen LogP contribution in [-0.4, -0.2) is 75.9 Å². The maximum absolute atomic E-state index is 13.7. The second-order valence-corrected chi connectivity index (χ2v) is 14.0. The third kappa shape index (κ3) is 6.56. The van der Waals surface area contributed by atoms with Gasteiger partial charge in [0.25, 0.3) is 15.9 Å². The van der Waals surface area contributed by atoms with Crippen LogP contribution in [0.4, 0.5) is 5.69 Å². The molecule has 41 heavy (non-hydrogen) atoms. The number of aryl methyl sites for hydroxylation is 1. The van der Waals surface area contributed by atoms with Crippen LogP contribution in [-0.2, 0) is 20.0 Å². The second kappa shape index (κ2) is 12.2. The summed E-state index contributed by atoms with van der Waals surface area (Å²) in [5.41, 5.74) is 1.03. The van der Waals surface area contributed by atoms with Crippen LogP contribution in [0.5, 0.6) is 5.75 Å². The average molecular weight is 602 g/mol. The third-order valence-corrected chi connectivity index (χ3v) is 10.4. The summed E-state index contributed by atoms with van der Waals surface area (Å²) >= 11 is 0. The van der Waals surface area contributed by atoms with Crippen molar-refractivity contribution in [2.75, 3.05) is 31.5 Å². The molecule has 0 saturated heterocycles. The van der Waals surface area contributed by atoms with E-state index in [1.165, 1.54) is 52.7 Å². The number of para-hydroxylation sites is 1. The molecule has 0 spiro atoms. The number of amides is 1. The highest BCUT2D eigenvalue weighted by Crippen LogP contribution is 2.36. The lowest BCUT2D eigenvalue weighted by Crippen LogP contribution is -2.50. The average Bonchev–Trinajstić information content (AvgIpc) is 2.95. The molecule has 0 unspecified atom stereocenters. The van der Waals surface area contributed by atoms with E-state index in [9.17, 15) is 26.7 Å². The lowest BCUT2D eigenvalue weighted by Gasteiger charge is -2.38. The summed E-state index contributed by atoms with van der Waals surface area (Å²) in [6.45, 7) is 5.19. The molecule has 1 aliphatic heterocycles. The van der Waals surface area contributed by atoms with Crippen LogP contribution >= 0.6 is 0 Å². The lowest BCUT2D eigenvalue weighted by molar-refractivity contribution is 0.0389. The van der Waals surface area contributed by atoms with Crippen molar-refractivity contribution < 1.29 is 31.5 Å². The Hall–Kier alpha value is -3.45. The first-order chi connectivity index (χ1) is 19.3. The summed E-state index contributed by atoms with van der Waals surface area (Å²) in [4.78, 5) is 15.3. The summed E-state index contributed by atoms with van der Waals surface area (Å²) in [6, 6.07) is 18.3. The Balaban J connectivity index is 1.76. The molecule has 0 bridgehead atoms. The fraction of sp³-hybridized carbons (Fsp3) is 0.345. The van der Waals surface area contributed by atoms with Gasteiger partial charge in [-0.1, -0.05) is 48.9 Å². The Kier molecular flexibility index (Phi) is 9.07. The van der Waals surface area contributed by atoms with Gasteiger partial charge in [-0.15, -0.1) is 0 Å². The quantitative estimate of drug-likeness (QED) is 0.384. The highest BCUT2D eigenvalue weighted by atomic mass is 32.2. The molecule has 1 aliphatic rings. The van der Waals surface area contributed by atoms with Crippen molar-refractivity contribution in [2.24, 2.45) is 5.92 Å². The monoisotopic (exact) mass is 601 g/mol. The normalized spacial score (nSPS) is 18.7. The summed E-state index contributed by atoms with van der Waals surface area (Å²) in [6.07, 6.45) is -0.774. The Morgan fingerprint density at radius 1 is 1.00 bits per heavy atom. The predicted molar refractivity (Wildman–Crippen MR) is 156 cm³/mol. The number of sulfonamides is 2. The number of carbonyl (C=O) groups excluding carboxylic acids is 1. The number of anilines is 1. The molecule has 0 saturated carbocycles. The first kappa shape index (κ1) is 30.5. The molecule has 1 heterocycles. The van der Waals surface area contributed by atoms with Gasteiger partial charge in [-0.2, -0.15) is 4.31 Å². The molecule has 10 nitrogen and oxygen atoms in total. The van der Waals surface area contributed by atoms with Gasteiger partial charge >= 0.3 is 0 Å². The van der Waals surface area contributed by atoms with Crippen LogP contribution in [0.1, 0.15) is 29.8 Å². The van der Waals surface area contributed by atoms with Gasteiger partial charge in [0.05, 0.1) is 40.2 Å². The van der Waals surface area contributed by atoms with E-state index < -0.39 is 44.0 Å². The fourth-order valence-corrected chi connectivity index (χ4v) is 6.85. The van der Waals surface area contributed by atoms with Crippen LogP contribution in [0.2, 0.25) is 0 Å². The number of hydrogen-bond acceptors (Lipinski definition) is 7.